The molecule has 1 aromatic carbocycles. The first-order valence-electron chi connectivity index (χ1n) is 6.50. The molecule has 0 aliphatic carbocycles. The van der Waals surface area contributed by atoms with Crippen LogP contribution in [0.3, 0.4) is 0 Å². The van der Waals surface area contributed by atoms with Crippen molar-refractivity contribution in [2.75, 3.05) is 0 Å². The van der Waals surface area contributed by atoms with Crippen molar-refractivity contribution in [2.45, 2.75) is 25.8 Å². The SMILES string of the molecule is CCCC(NC(=O)c1cccc2cnccc12)C(=O)O. The number of carboxylic acids is 1. The van der Waals surface area contributed by atoms with Gasteiger partial charge in [-0.2, -0.15) is 0 Å². The van der Waals surface area contributed by atoms with Crippen LogP contribution in [0.5, 0.6) is 0 Å². The van der Waals surface area contributed by atoms with Crippen LogP contribution in [0.4, 0.5) is 0 Å². The molecular weight excluding hydrogens is 256 g/mol. The second-order valence-electron chi connectivity index (χ2n) is 4.56. The summed E-state index contributed by atoms with van der Waals surface area (Å²) < 4.78 is 0. The third-order valence-electron chi connectivity index (χ3n) is 3.11. The van der Waals surface area contributed by atoms with E-state index in [1.54, 1.807) is 30.6 Å². The Morgan fingerprint density at radius 2 is 2.15 bits per heavy atom. The van der Waals surface area contributed by atoms with Crippen molar-refractivity contribution >= 4 is 22.6 Å². The van der Waals surface area contributed by atoms with Gasteiger partial charge in [0.1, 0.15) is 6.04 Å². The van der Waals surface area contributed by atoms with Crippen molar-refractivity contribution in [3.05, 3.63) is 42.2 Å². The lowest BCUT2D eigenvalue weighted by Gasteiger charge is -2.14. The highest BCUT2D eigenvalue weighted by Crippen LogP contribution is 2.17. The van der Waals surface area contributed by atoms with E-state index in [0.29, 0.717) is 18.4 Å². The molecule has 0 spiro atoms. The van der Waals surface area contributed by atoms with Crippen molar-refractivity contribution in [1.82, 2.24) is 10.3 Å². The first kappa shape index (κ1) is 14.0. The van der Waals surface area contributed by atoms with Gasteiger partial charge in [0.2, 0.25) is 0 Å². The first-order valence-corrected chi connectivity index (χ1v) is 6.50. The average Bonchev–Trinajstić information content (AvgIpc) is 2.46. The molecule has 0 fully saturated rings. The number of benzene rings is 1. The van der Waals surface area contributed by atoms with Gasteiger partial charge in [-0.15, -0.1) is 0 Å². The minimum Gasteiger partial charge on any atom is -0.480 e. The molecule has 2 rings (SSSR count). The van der Waals surface area contributed by atoms with Crippen LogP contribution in [0.2, 0.25) is 0 Å². The molecule has 0 bridgehead atoms. The number of carboxylic acid groups (broad SMARTS) is 1. The minimum atomic E-state index is -1.01. The van der Waals surface area contributed by atoms with E-state index in [1.807, 2.05) is 13.0 Å². The summed E-state index contributed by atoms with van der Waals surface area (Å²) in [6, 6.07) is 6.20. The number of rotatable bonds is 5. The zero-order chi connectivity index (χ0) is 14.5. The number of nitrogens with one attached hydrogen (secondary N) is 1. The zero-order valence-corrected chi connectivity index (χ0v) is 11.2. The number of nitrogens with zero attached hydrogens (tertiary/aromatic N) is 1. The Hall–Kier alpha value is -2.43. The smallest absolute Gasteiger partial charge is 0.326 e. The monoisotopic (exact) mass is 272 g/mol. The summed E-state index contributed by atoms with van der Waals surface area (Å²) in [5.74, 6) is -1.38. The fourth-order valence-electron chi connectivity index (χ4n) is 2.10. The van der Waals surface area contributed by atoms with Gasteiger partial charge in [0.05, 0.1) is 0 Å². The Morgan fingerprint density at radius 3 is 2.85 bits per heavy atom. The van der Waals surface area contributed by atoms with Gasteiger partial charge in [0.15, 0.2) is 0 Å². The number of carbonyl (C=O) groups excluding carboxylic acids is 1. The van der Waals surface area contributed by atoms with Crippen LogP contribution in [-0.4, -0.2) is 28.0 Å². The highest BCUT2D eigenvalue weighted by Gasteiger charge is 2.20. The van der Waals surface area contributed by atoms with Gasteiger partial charge in [-0.3, -0.25) is 9.78 Å². The summed E-state index contributed by atoms with van der Waals surface area (Å²) in [7, 11) is 0. The van der Waals surface area contributed by atoms with Crippen molar-refractivity contribution in [1.29, 1.82) is 0 Å². The molecule has 0 radical (unpaired) electrons. The van der Waals surface area contributed by atoms with Crippen LogP contribution in [-0.2, 0) is 4.79 Å². The highest BCUT2D eigenvalue weighted by atomic mass is 16.4. The molecule has 0 aliphatic rings. The van der Waals surface area contributed by atoms with Crippen LogP contribution < -0.4 is 5.32 Å². The summed E-state index contributed by atoms with van der Waals surface area (Å²) >= 11 is 0. The number of hydrogen-bond donors (Lipinski definition) is 2. The molecule has 1 heterocycles. The molecule has 0 saturated heterocycles. The number of aliphatic carboxylic acids is 1. The van der Waals surface area contributed by atoms with Crippen molar-refractivity contribution in [3.8, 4) is 0 Å². The number of pyridine rings is 1. The van der Waals surface area contributed by atoms with E-state index in [4.69, 9.17) is 5.11 Å². The molecule has 20 heavy (non-hydrogen) atoms. The number of carbonyl (C=O) groups is 2. The number of fused-ring (bicyclic) bond motifs is 1. The third kappa shape index (κ3) is 2.93. The van der Waals surface area contributed by atoms with Crippen LogP contribution in [0.15, 0.2) is 36.7 Å². The Labute approximate surface area is 116 Å². The van der Waals surface area contributed by atoms with Crippen molar-refractivity contribution in [3.63, 3.8) is 0 Å². The second kappa shape index (κ2) is 6.14. The Bertz CT molecular complexity index is 635. The number of amides is 1. The lowest BCUT2D eigenvalue weighted by atomic mass is 10.1. The predicted octanol–water partition coefficient (Wildman–Crippen LogP) is 2.22. The Balaban J connectivity index is 2.29. The van der Waals surface area contributed by atoms with E-state index in [2.05, 4.69) is 10.3 Å². The number of aromatic nitrogens is 1. The molecule has 1 amide bonds. The molecule has 5 heteroatoms. The second-order valence-corrected chi connectivity index (χ2v) is 4.56. The topological polar surface area (TPSA) is 79.3 Å². The van der Waals surface area contributed by atoms with E-state index in [9.17, 15) is 9.59 Å². The van der Waals surface area contributed by atoms with Crippen molar-refractivity contribution < 1.29 is 14.7 Å². The van der Waals surface area contributed by atoms with Crippen LogP contribution >= 0.6 is 0 Å². The Kier molecular flexibility index (Phi) is 4.30. The molecule has 1 atom stereocenters. The fraction of sp³-hybridized carbons (Fsp3) is 0.267. The van der Waals surface area contributed by atoms with E-state index >= 15 is 0 Å². The van der Waals surface area contributed by atoms with E-state index in [-0.39, 0.29) is 5.91 Å². The standard InChI is InChI=1S/C15H16N2O3/c1-2-4-13(15(19)20)17-14(18)12-6-3-5-10-9-16-8-7-11(10)12/h3,5-9,13H,2,4H2,1H3,(H,17,18)(H,19,20). The Morgan fingerprint density at radius 1 is 1.35 bits per heavy atom. The van der Waals surface area contributed by atoms with Crippen LogP contribution in [0.1, 0.15) is 30.1 Å². The van der Waals surface area contributed by atoms with Gasteiger partial charge in [-0.25, -0.2) is 4.79 Å². The molecule has 104 valence electrons. The maximum Gasteiger partial charge on any atom is 0.326 e. The van der Waals surface area contributed by atoms with Gasteiger partial charge in [-0.1, -0.05) is 25.5 Å². The predicted molar refractivity (Wildman–Crippen MR) is 75.5 cm³/mol. The fourth-order valence-corrected chi connectivity index (χ4v) is 2.10. The van der Waals surface area contributed by atoms with E-state index < -0.39 is 12.0 Å². The normalized spacial score (nSPS) is 12.1. The lowest BCUT2D eigenvalue weighted by molar-refractivity contribution is -0.139. The molecular formula is C15H16N2O3. The summed E-state index contributed by atoms with van der Waals surface area (Å²) in [6.45, 7) is 1.88. The zero-order valence-electron chi connectivity index (χ0n) is 11.2. The van der Waals surface area contributed by atoms with E-state index in [0.717, 1.165) is 10.8 Å². The van der Waals surface area contributed by atoms with Gasteiger partial charge < -0.3 is 10.4 Å². The van der Waals surface area contributed by atoms with Crippen molar-refractivity contribution in [2.24, 2.45) is 0 Å². The molecule has 2 N–H and O–H groups in total. The van der Waals surface area contributed by atoms with Gasteiger partial charge in [0.25, 0.3) is 5.91 Å². The minimum absolute atomic E-state index is 0.373. The molecule has 1 unspecified atom stereocenters. The van der Waals surface area contributed by atoms with Gasteiger partial charge >= 0.3 is 5.97 Å². The maximum atomic E-state index is 12.3. The summed E-state index contributed by atoms with van der Waals surface area (Å²) in [5.41, 5.74) is 0.465. The van der Waals surface area contributed by atoms with Gasteiger partial charge in [-0.05, 0) is 23.9 Å². The molecule has 1 aromatic heterocycles. The molecule has 0 aliphatic heterocycles. The molecule has 5 nitrogen and oxygen atoms in total. The third-order valence-corrected chi connectivity index (χ3v) is 3.11. The van der Waals surface area contributed by atoms with Gasteiger partial charge in [0, 0.05) is 23.3 Å². The largest absolute Gasteiger partial charge is 0.480 e. The molecule has 2 aromatic rings. The quantitative estimate of drug-likeness (QED) is 0.874. The number of hydrogen-bond acceptors (Lipinski definition) is 3. The lowest BCUT2D eigenvalue weighted by Crippen LogP contribution is -2.40. The maximum absolute atomic E-state index is 12.3. The molecule has 0 saturated carbocycles. The van der Waals surface area contributed by atoms with E-state index in [1.165, 1.54) is 0 Å². The first-order chi connectivity index (χ1) is 9.63. The summed E-state index contributed by atoms with van der Waals surface area (Å²) in [5, 5.41) is 13.3. The summed E-state index contributed by atoms with van der Waals surface area (Å²) in [6.07, 6.45) is 4.39. The van der Waals surface area contributed by atoms with Crippen LogP contribution in [0, 0.1) is 0 Å². The van der Waals surface area contributed by atoms with Crippen LogP contribution in [0.25, 0.3) is 10.8 Å². The highest BCUT2D eigenvalue weighted by molar-refractivity contribution is 6.07. The average molecular weight is 272 g/mol. The summed E-state index contributed by atoms with van der Waals surface area (Å²) in [4.78, 5) is 27.4.